The van der Waals surface area contributed by atoms with Crippen molar-refractivity contribution >= 4 is 0 Å². The molecule has 1 fully saturated rings. The van der Waals surface area contributed by atoms with E-state index in [9.17, 15) is 0 Å². The lowest BCUT2D eigenvalue weighted by Gasteiger charge is -2.41. The molecule has 1 saturated heterocycles. The molecule has 78 valence electrons. The first-order valence-electron chi connectivity index (χ1n) is 5.14. The fraction of sp³-hybridized carbons (Fsp3) is 1.00. The van der Waals surface area contributed by atoms with Gasteiger partial charge in [-0.1, -0.05) is 0 Å². The minimum Gasteiger partial charge on any atom is -0.395 e. The van der Waals surface area contributed by atoms with Gasteiger partial charge in [-0.3, -0.25) is 0 Å². The lowest BCUT2D eigenvalue weighted by molar-refractivity contribution is 0.0747. The first kappa shape index (κ1) is 11.0. The molecule has 3 nitrogen and oxygen atoms in total. The summed E-state index contributed by atoms with van der Waals surface area (Å²) in [5, 5.41) is 8.99. The SMILES string of the molecule is C[C@@H]1CC(C(N)CO)C[C@H](C)N1C. The van der Waals surface area contributed by atoms with Crippen molar-refractivity contribution in [1.82, 2.24) is 4.90 Å². The Morgan fingerprint density at radius 1 is 1.38 bits per heavy atom. The van der Waals surface area contributed by atoms with E-state index in [0.717, 1.165) is 12.8 Å². The van der Waals surface area contributed by atoms with Crippen molar-refractivity contribution in [1.29, 1.82) is 0 Å². The maximum absolute atomic E-state index is 8.99. The van der Waals surface area contributed by atoms with Crippen LogP contribution in [0.25, 0.3) is 0 Å². The Kier molecular flexibility index (Phi) is 3.71. The van der Waals surface area contributed by atoms with Crippen molar-refractivity contribution in [3.05, 3.63) is 0 Å². The maximum Gasteiger partial charge on any atom is 0.0585 e. The van der Waals surface area contributed by atoms with Gasteiger partial charge in [-0.15, -0.1) is 0 Å². The second-order valence-electron chi connectivity index (χ2n) is 4.44. The number of nitrogens with two attached hydrogens (primary N) is 1. The lowest BCUT2D eigenvalue weighted by atomic mass is 9.83. The van der Waals surface area contributed by atoms with Crippen LogP contribution in [0.5, 0.6) is 0 Å². The molecule has 3 heteroatoms. The summed E-state index contributed by atoms with van der Waals surface area (Å²) in [5.74, 6) is 0.492. The van der Waals surface area contributed by atoms with E-state index in [1.165, 1.54) is 0 Å². The molecule has 0 aromatic carbocycles. The number of rotatable bonds is 2. The van der Waals surface area contributed by atoms with Crippen molar-refractivity contribution in [3.8, 4) is 0 Å². The van der Waals surface area contributed by atoms with E-state index in [2.05, 4.69) is 25.8 Å². The minimum absolute atomic E-state index is 0.0291. The van der Waals surface area contributed by atoms with Crippen molar-refractivity contribution in [3.63, 3.8) is 0 Å². The lowest BCUT2D eigenvalue weighted by Crippen LogP contribution is -2.49. The van der Waals surface area contributed by atoms with Crippen LogP contribution in [0, 0.1) is 5.92 Å². The molecule has 0 saturated carbocycles. The van der Waals surface area contributed by atoms with Gasteiger partial charge in [0.2, 0.25) is 0 Å². The van der Waals surface area contributed by atoms with Gasteiger partial charge in [0.1, 0.15) is 0 Å². The number of hydrogen-bond acceptors (Lipinski definition) is 3. The van der Waals surface area contributed by atoms with Crippen LogP contribution in [-0.2, 0) is 0 Å². The van der Waals surface area contributed by atoms with E-state index >= 15 is 0 Å². The third-order valence-corrected chi connectivity index (χ3v) is 3.49. The third kappa shape index (κ3) is 2.42. The number of likely N-dealkylation sites (tertiary alicyclic amines) is 1. The zero-order valence-electron chi connectivity index (χ0n) is 8.90. The average molecular weight is 186 g/mol. The van der Waals surface area contributed by atoms with Crippen LogP contribution >= 0.6 is 0 Å². The Bertz CT molecular complexity index is 151. The van der Waals surface area contributed by atoms with E-state index < -0.39 is 0 Å². The first-order valence-corrected chi connectivity index (χ1v) is 5.14. The largest absolute Gasteiger partial charge is 0.395 e. The molecule has 0 amide bonds. The molecule has 0 aliphatic carbocycles. The van der Waals surface area contributed by atoms with Crippen molar-refractivity contribution in [2.24, 2.45) is 11.7 Å². The van der Waals surface area contributed by atoms with E-state index in [0.29, 0.717) is 18.0 Å². The van der Waals surface area contributed by atoms with Gasteiger partial charge in [0.05, 0.1) is 6.61 Å². The van der Waals surface area contributed by atoms with Gasteiger partial charge < -0.3 is 15.7 Å². The van der Waals surface area contributed by atoms with Crippen LogP contribution in [-0.4, -0.2) is 41.8 Å². The summed E-state index contributed by atoms with van der Waals surface area (Å²) in [5.41, 5.74) is 5.85. The third-order valence-electron chi connectivity index (χ3n) is 3.49. The van der Waals surface area contributed by atoms with Crippen LogP contribution in [0.3, 0.4) is 0 Å². The topological polar surface area (TPSA) is 49.5 Å². The number of aliphatic hydroxyl groups is 1. The Labute approximate surface area is 80.9 Å². The normalized spacial score (nSPS) is 39.0. The highest BCUT2D eigenvalue weighted by Crippen LogP contribution is 2.27. The highest BCUT2D eigenvalue weighted by molar-refractivity contribution is 4.86. The quantitative estimate of drug-likeness (QED) is 0.657. The highest BCUT2D eigenvalue weighted by atomic mass is 16.3. The van der Waals surface area contributed by atoms with Crippen molar-refractivity contribution < 1.29 is 5.11 Å². The van der Waals surface area contributed by atoms with E-state index in [-0.39, 0.29) is 12.6 Å². The summed E-state index contributed by atoms with van der Waals surface area (Å²) in [4.78, 5) is 2.39. The number of piperidine rings is 1. The molecule has 0 aromatic rings. The van der Waals surface area contributed by atoms with Gasteiger partial charge in [-0.2, -0.15) is 0 Å². The summed E-state index contributed by atoms with van der Waals surface area (Å²) in [6.07, 6.45) is 2.23. The van der Waals surface area contributed by atoms with Crippen LogP contribution in [0.15, 0.2) is 0 Å². The second kappa shape index (κ2) is 4.40. The Morgan fingerprint density at radius 3 is 2.23 bits per heavy atom. The molecule has 0 spiro atoms. The molecule has 0 aromatic heterocycles. The molecule has 0 radical (unpaired) electrons. The zero-order chi connectivity index (χ0) is 10.0. The molecular weight excluding hydrogens is 164 g/mol. The molecule has 1 rings (SSSR count). The molecule has 1 aliphatic heterocycles. The zero-order valence-corrected chi connectivity index (χ0v) is 8.90. The van der Waals surface area contributed by atoms with Crippen molar-refractivity contribution in [2.75, 3.05) is 13.7 Å². The van der Waals surface area contributed by atoms with E-state index in [4.69, 9.17) is 10.8 Å². The summed E-state index contributed by atoms with van der Waals surface area (Å²) in [7, 11) is 2.16. The smallest absolute Gasteiger partial charge is 0.0585 e. The number of aliphatic hydroxyl groups excluding tert-OH is 1. The number of nitrogens with zero attached hydrogens (tertiary/aromatic N) is 1. The van der Waals surface area contributed by atoms with Crippen LogP contribution in [0.4, 0.5) is 0 Å². The van der Waals surface area contributed by atoms with E-state index in [1.807, 2.05) is 0 Å². The summed E-state index contributed by atoms with van der Waals surface area (Å²) in [6, 6.07) is 1.15. The van der Waals surface area contributed by atoms with Crippen molar-refractivity contribution in [2.45, 2.75) is 44.8 Å². The van der Waals surface area contributed by atoms with Gasteiger partial charge in [0.25, 0.3) is 0 Å². The van der Waals surface area contributed by atoms with E-state index in [1.54, 1.807) is 0 Å². The predicted octanol–water partition coefficient (Wildman–Crippen LogP) is 0.425. The molecule has 0 bridgehead atoms. The summed E-state index contributed by atoms with van der Waals surface area (Å²) in [6.45, 7) is 4.58. The van der Waals surface area contributed by atoms with Gasteiger partial charge >= 0.3 is 0 Å². The first-order chi connectivity index (χ1) is 6.06. The molecule has 2 unspecified atom stereocenters. The van der Waals surface area contributed by atoms with Gasteiger partial charge in [0, 0.05) is 18.1 Å². The van der Waals surface area contributed by atoms with Gasteiger partial charge in [-0.05, 0) is 39.7 Å². The van der Waals surface area contributed by atoms with Gasteiger partial charge in [-0.25, -0.2) is 0 Å². The summed E-state index contributed by atoms with van der Waals surface area (Å²) < 4.78 is 0. The van der Waals surface area contributed by atoms with Crippen LogP contribution < -0.4 is 5.73 Å². The Morgan fingerprint density at radius 2 is 1.85 bits per heavy atom. The highest BCUT2D eigenvalue weighted by Gasteiger charge is 2.30. The fourth-order valence-electron chi connectivity index (χ4n) is 2.24. The predicted molar refractivity (Wildman–Crippen MR) is 54.5 cm³/mol. The average Bonchev–Trinajstić information content (AvgIpc) is 2.12. The fourth-order valence-corrected chi connectivity index (χ4v) is 2.24. The standard InChI is InChI=1S/C10H22N2O/c1-7-4-9(10(11)6-13)5-8(2)12(7)3/h7-10,13H,4-6,11H2,1-3H3/t7-,8+,9?,10?. The number of hydrogen-bond donors (Lipinski definition) is 2. The second-order valence-corrected chi connectivity index (χ2v) is 4.44. The molecule has 3 N–H and O–H groups in total. The molecule has 13 heavy (non-hydrogen) atoms. The molecular formula is C10H22N2O. The monoisotopic (exact) mass is 186 g/mol. The maximum atomic E-state index is 8.99. The molecule has 4 atom stereocenters. The van der Waals surface area contributed by atoms with Gasteiger partial charge in [0.15, 0.2) is 0 Å². The Hall–Kier alpha value is -0.120. The molecule has 1 aliphatic rings. The van der Waals surface area contributed by atoms with Crippen LogP contribution in [0.2, 0.25) is 0 Å². The summed E-state index contributed by atoms with van der Waals surface area (Å²) >= 11 is 0. The Balaban J connectivity index is 2.53. The molecule has 1 heterocycles. The minimum atomic E-state index is -0.0291. The van der Waals surface area contributed by atoms with Crippen LogP contribution in [0.1, 0.15) is 26.7 Å².